The summed E-state index contributed by atoms with van der Waals surface area (Å²) in [6.07, 6.45) is 0.966. The SMILES string of the molecule is O=C(O)CCC1COC(Cc2ccc(Br)cc2)O1. The van der Waals surface area contributed by atoms with Crippen LogP contribution in [0.3, 0.4) is 0 Å². The number of halogens is 1. The molecule has 0 radical (unpaired) electrons. The molecule has 0 spiro atoms. The van der Waals surface area contributed by atoms with Crippen LogP contribution in [0.5, 0.6) is 0 Å². The Bertz CT molecular complexity index is 404. The monoisotopic (exact) mass is 314 g/mol. The first-order chi connectivity index (χ1) is 8.63. The minimum absolute atomic E-state index is 0.0958. The zero-order chi connectivity index (χ0) is 13.0. The summed E-state index contributed by atoms with van der Waals surface area (Å²) in [6, 6.07) is 7.99. The van der Waals surface area contributed by atoms with E-state index in [-0.39, 0.29) is 18.8 Å². The van der Waals surface area contributed by atoms with Crippen molar-refractivity contribution in [1.29, 1.82) is 0 Å². The van der Waals surface area contributed by atoms with Crippen LogP contribution in [0.1, 0.15) is 18.4 Å². The van der Waals surface area contributed by atoms with Crippen LogP contribution in [-0.4, -0.2) is 30.1 Å². The predicted octanol–water partition coefficient (Wildman–Crippen LogP) is 2.60. The highest BCUT2D eigenvalue weighted by molar-refractivity contribution is 9.10. The maximum atomic E-state index is 10.5. The van der Waals surface area contributed by atoms with E-state index in [0.29, 0.717) is 19.4 Å². The molecular formula is C13H15BrO4. The molecule has 2 rings (SSSR count). The van der Waals surface area contributed by atoms with Crippen molar-refractivity contribution >= 4 is 21.9 Å². The maximum Gasteiger partial charge on any atom is 0.303 e. The molecule has 1 N–H and O–H groups in total. The Kier molecular flexibility index (Phi) is 4.74. The van der Waals surface area contributed by atoms with Gasteiger partial charge in [-0.3, -0.25) is 4.79 Å². The number of benzene rings is 1. The number of hydrogen-bond acceptors (Lipinski definition) is 3. The normalized spacial score (nSPS) is 23.2. The highest BCUT2D eigenvalue weighted by atomic mass is 79.9. The summed E-state index contributed by atoms with van der Waals surface area (Å²) in [4.78, 5) is 10.5. The van der Waals surface area contributed by atoms with Crippen LogP contribution in [-0.2, 0) is 20.7 Å². The van der Waals surface area contributed by atoms with Gasteiger partial charge in [0.05, 0.1) is 12.7 Å². The molecule has 18 heavy (non-hydrogen) atoms. The minimum atomic E-state index is -0.796. The van der Waals surface area contributed by atoms with Gasteiger partial charge in [-0.2, -0.15) is 0 Å². The number of ether oxygens (including phenoxy) is 2. The average molecular weight is 315 g/mol. The second-order valence-electron chi connectivity index (χ2n) is 4.28. The van der Waals surface area contributed by atoms with Crippen molar-refractivity contribution in [2.45, 2.75) is 31.7 Å². The first-order valence-electron chi connectivity index (χ1n) is 5.87. The van der Waals surface area contributed by atoms with Gasteiger partial charge in [0.15, 0.2) is 6.29 Å². The molecule has 0 aliphatic carbocycles. The summed E-state index contributed by atoms with van der Waals surface area (Å²) in [5.74, 6) is -0.796. The number of carboxylic acid groups (broad SMARTS) is 1. The van der Waals surface area contributed by atoms with Crippen LogP contribution in [0.4, 0.5) is 0 Å². The standard InChI is InChI=1S/C13H15BrO4/c14-10-3-1-9(2-4-10)7-13-17-8-11(18-13)5-6-12(15)16/h1-4,11,13H,5-8H2,(H,15,16). The smallest absolute Gasteiger partial charge is 0.303 e. The molecule has 2 atom stereocenters. The predicted molar refractivity (Wildman–Crippen MR) is 69.3 cm³/mol. The van der Waals surface area contributed by atoms with Crippen LogP contribution in [0.15, 0.2) is 28.7 Å². The lowest BCUT2D eigenvalue weighted by atomic mass is 10.1. The number of carbonyl (C=O) groups is 1. The van der Waals surface area contributed by atoms with Gasteiger partial charge < -0.3 is 14.6 Å². The van der Waals surface area contributed by atoms with E-state index < -0.39 is 5.97 Å². The summed E-state index contributed by atoms with van der Waals surface area (Å²) >= 11 is 3.38. The minimum Gasteiger partial charge on any atom is -0.481 e. The van der Waals surface area contributed by atoms with E-state index in [4.69, 9.17) is 14.6 Å². The topological polar surface area (TPSA) is 55.8 Å². The molecule has 1 aromatic rings. The van der Waals surface area contributed by atoms with Crippen molar-refractivity contribution in [2.75, 3.05) is 6.61 Å². The molecule has 1 aromatic carbocycles. The third-order valence-electron chi connectivity index (χ3n) is 2.81. The maximum absolute atomic E-state index is 10.5. The van der Waals surface area contributed by atoms with Gasteiger partial charge >= 0.3 is 5.97 Å². The fraction of sp³-hybridized carbons (Fsp3) is 0.462. The molecule has 98 valence electrons. The Morgan fingerprint density at radius 1 is 1.39 bits per heavy atom. The summed E-state index contributed by atoms with van der Waals surface area (Å²) in [6.45, 7) is 0.481. The second-order valence-corrected chi connectivity index (χ2v) is 5.20. The number of aliphatic carboxylic acids is 1. The fourth-order valence-electron chi connectivity index (χ4n) is 1.86. The van der Waals surface area contributed by atoms with E-state index in [1.165, 1.54) is 0 Å². The van der Waals surface area contributed by atoms with Gasteiger partial charge in [-0.05, 0) is 24.1 Å². The van der Waals surface area contributed by atoms with Gasteiger partial charge in [0.25, 0.3) is 0 Å². The zero-order valence-corrected chi connectivity index (χ0v) is 11.4. The largest absolute Gasteiger partial charge is 0.481 e. The Labute approximate surface area is 114 Å². The summed E-state index contributed by atoms with van der Waals surface area (Å²) in [5, 5.41) is 8.60. The number of rotatable bonds is 5. The van der Waals surface area contributed by atoms with Crippen LogP contribution < -0.4 is 0 Å². The molecule has 1 heterocycles. The van der Waals surface area contributed by atoms with Gasteiger partial charge in [-0.25, -0.2) is 0 Å². The molecule has 1 aliphatic rings. The van der Waals surface area contributed by atoms with E-state index in [0.717, 1.165) is 10.0 Å². The first kappa shape index (κ1) is 13.5. The van der Waals surface area contributed by atoms with Gasteiger partial charge in [0, 0.05) is 17.3 Å². The van der Waals surface area contributed by atoms with Crippen LogP contribution in [0, 0.1) is 0 Å². The molecule has 1 aliphatic heterocycles. The van der Waals surface area contributed by atoms with Crippen molar-refractivity contribution in [3.05, 3.63) is 34.3 Å². The van der Waals surface area contributed by atoms with Gasteiger partial charge in [-0.1, -0.05) is 28.1 Å². The van der Waals surface area contributed by atoms with Gasteiger partial charge in [-0.15, -0.1) is 0 Å². The van der Waals surface area contributed by atoms with Crippen molar-refractivity contribution < 1.29 is 19.4 Å². The lowest BCUT2D eigenvalue weighted by molar-refractivity contribution is -0.137. The van der Waals surface area contributed by atoms with E-state index in [1.54, 1.807) is 0 Å². The van der Waals surface area contributed by atoms with E-state index in [2.05, 4.69) is 15.9 Å². The van der Waals surface area contributed by atoms with Crippen molar-refractivity contribution in [1.82, 2.24) is 0 Å². The van der Waals surface area contributed by atoms with E-state index >= 15 is 0 Å². The Balaban J connectivity index is 1.78. The third-order valence-corrected chi connectivity index (χ3v) is 3.34. The van der Waals surface area contributed by atoms with Gasteiger partial charge in [0.2, 0.25) is 0 Å². The lowest BCUT2D eigenvalue weighted by Gasteiger charge is -2.11. The zero-order valence-electron chi connectivity index (χ0n) is 9.84. The highest BCUT2D eigenvalue weighted by Gasteiger charge is 2.26. The van der Waals surface area contributed by atoms with Crippen LogP contribution >= 0.6 is 15.9 Å². The molecular weight excluding hydrogens is 300 g/mol. The summed E-state index contributed by atoms with van der Waals surface area (Å²) < 4.78 is 12.2. The first-order valence-corrected chi connectivity index (χ1v) is 6.66. The van der Waals surface area contributed by atoms with E-state index in [1.807, 2.05) is 24.3 Å². The molecule has 0 bridgehead atoms. The highest BCUT2D eigenvalue weighted by Crippen LogP contribution is 2.20. The van der Waals surface area contributed by atoms with Crippen molar-refractivity contribution in [3.63, 3.8) is 0 Å². The Morgan fingerprint density at radius 2 is 2.11 bits per heavy atom. The lowest BCUT2D eigenvalue weighted by Crippen LogP contribution is -2.15. The fourth-order valence-corrected chi connectivity index (χ4v) is 2.13. The van der Waals surface area contributed by atoms with Crippen molar-refractivity contribution in [3.8, 4) is 0 Å². The third kappa shape index (κ3) is 4.08. The van der Waals surface area contributed by atoms with Crippen molar-refractivity contribution in [2.24, 2.45) is 0 Å². The van der Waals surface area contributed by atoms with Crippen LogP contribution in [0.25, 0.3) is 0 Å². The van der Waals surface area contributed by atoms with Gasteiger partial charge in [0.1, 0.15) is 0 Å². The van der Waals surface area contributed by atoms with E-state index in [9.17, 15) is 4.79 Å². The molecule has 0 saturated carbocycles. The molecule has 0 amide bonds. The Morgan fingerprint density at radius 3 is 2.78 bits per heavy atom. The summed E-state index contributed by atoms with van der Waals surface area (Å²) in [7, 11) is 0. The molecule has 1 saturated heterocycles. The molecule has 0 aromatic heterocycles. The molecule has 2 unspecified atom stereocenters. The summed E-state index contributed by atoms with van der Waals surface area (Å²) in [5.41, 5.74) is 1.14. The molecule has 5 heteroatoms. The Hall–Kier alpha value is -0.910. The average Bonchev–Trinajstić information content (AvgIpc) is 2.77. The number of hydrogen-bond donors (Lipinski definition) is 1. The molecule has 1 fully saturated rings. The van der Waals surface area contributed by atoms with Crippen LogP contribution in [0.2, 0.25) is 0 Å². The number of carboxylic acids is 1. The second kappa shape index (κ2) is 6.31. The quantitative estimate of drug-likeness (QED) is 0.907. The molecule has 4 nitrogen and oxygen atoms in total.